The number of benzene rings is 2. The molecule has 0 bridgehead atoms. The first-order chi connectivity index (χ1) is 17.7. The Bertz CT molecular complexity index is 1260. The highest BCUT2D eigenvalue weighted by atomic mass is 16.5. The van der Waals surface area contributed by atoms with Gasteiger partial charge in [0.25, 0.3) is 0 Å². The number of hydrogen-bond donors (Lipinski definition) is 1. The molecular formula is C30H33NO6. The number of dihydropyridines is 1. The minimum Gasteiger partial charge on any atom is -0.497 e. The minimum absolute atomic E-state index is 0.00929. The molecule has 0 unspecified atom stereocenters. The van der Waals surface area contributed by atoms with Crippen molar-refractivity contribution in [2.45, 2.75) is 64.9 Å². The maximum atomic E-state index is 13.7. The molecule has 1 N–H and O–H groups in total. The Labute approximate surface area is 217 Å². The molecule has 3 atom stereocenters. The van der Waals surface area contributed by atoms with E-state index in [1.165, 1.54) is 6.92 Å². The number of rotatable bonds is 7. The molecule has 7 nitrogen and oxygen atoms in total. The quantitative estimate of drug-likeness (QED) is 0.404. The van der Waals surface area contributed by atoms with Gasteiger partial charge in [0, 0.05) is 36.2 Å². The Hall–Kier alpha value is -3.87. The Morgan fingerprint density at radius 1 is 1.00 bits per heavy atom. The molecule has 0 saturated heterocycles. The van der Waals surface area contributed by atoms with Crippen molar-refractivity contribution < 1.29 is 28.6 Å². The van der Waals surface area contributed by atoms with Crippen molar-refractivity contribution in [3.63, 3.8) is 0 Å². The number of nitrogens with one attached hydrogen (secondary N) is 1. The number of Topliss-reactive ketones (excluding diaryl/α,β-unsaturated/α-hetero) is 1. The number of esters is 2. The van der Waals surface area contributed by atoms with Crippen molar-refractivity contribution in [1.29, 1.82) is 0 Å². The normalized spacial score (nSPS) is 20.1. The molecule has 4 rings (SSSR count). The zero-order valence-electron chi connectivity index (χ0n) is 21.9. The van der Waals surface area contributed by atoms with E-state index in [2.05, 4.69) is 5.32 Å². The Kier molecular flexibility index (Phi) is 7.81. The van der Waals surface area contributed by atoms with Crippen LogP contribution < -0.4 is 14.8 Å². The molecule has 0 saturated carbocycles. The monoisotopic (exact) mass is 503 g/mol. The summed E-state index contributed by atoms with van der Waals surface area (Å²) in [5, 5.41) is 3.37. The van der Waals surface area contributed by atoms with E-state index < -0.39 is 17.9 Å². The zero-order chi connectivity index (χ0) is 26.7. The summed E-state index contributed by atoms with van der Waals surface area (Å²) >= 11 is 0. The van der Waals surface area contributed by atoms with E-state index in [1.54, 1.807) is 31.4 Å². The number of carbonyl (C=O) groups excluding carboxylic acids is 3. The maximum absolute atomic E-state index is 13.7. The van der Waals surface area contributed by atoms with Gasteiger partial charge in [-0.25, -0.2) is 4.79 Å². The van der Waals surface area contributed by atoms with Crippen LogP contribution in [0.3, 0.4) is 0 Å². The molecule has 0 radical (unpaired) electrons. The fourth-order valence-corrected chi connectivity index (χ4v) is 4.98. The number of hydrogen-bond acceptors (Lipinski definition) is 7. The van der Waals surface area contributed by atoms with Crippen LogP contribution in [0.15, 0.2) is 71.1 Å². The lowest BCUT2D eigenvalue weighted by Crippen LogP contribution is -2.36. The maximum Gasteiger partial charge on any atom is 0.337 e. The molecule has 2 aliphatic rings. The van der Waals surface area contributed by atoms with Gasteiger partial charge in [-0.1, -0.05) is 31.2 Å². The number of ether oxygens (including phenoxy) is 3. The molecule has 0 fully saturated rings. The van der Waals surface area contributed by atoms with Gasteiger partial charge >= 0.3 is 11.9 Å². The second kappa shape index (κ2) is 11.0. The van der Waals surface area contributed by atoms with Gasteiger partial charge in [-0.2, -0.15) is 0 Å². The molecule has 7 heteroatoms. The lowest BCUT2D eigenvalue weighted by molar-refractivity contribution is -0.144. The van der Waals surface area contributed by atoms with E-state index in [9.17, 15) is 14.4 Å². The lowest BCUT2D eigenvalue weighted by atomic mass is 9.71. The second-order valence-electron chi connectivity index (χ2n) is 9.58. The fourth-order valence-electron chi connectivity index (χ4n) is 4.98. The van der Waals surface area contributed by atoms with Crippen LogP contribution in [0.1, 0.15) is 69.9 Å². The third-order valence-corrected chi connectivity index (χ3v) is 6.99. The number of carbonyl (C=O) groups is 3. The van der Waals surface area contributed by atoms with Gasteiger partial charge in [0.1, 0.15) is 11.5 Å². The minimum atomic E-state index is -0.580. The Morgan fingerprint density at radius 2 is 1.62 bits per heavy atom. The highest BCUT2D eigenvalue weighted by Crippen LogP contribution is 2.46. The smallest absolute Gasteiger partial charge is 0.337 e. The first-order valence-corrected chi connectivity index (χ1v) is 12.6. The number of ketones is 1. The van der Waals surface area contributed by atoms with E-state index in [1.807, 2.05) is 45.0 Å². The second-order valence-corrected chi connectivity index (χ2v) is 9.58. The Balaban J connectivity index is 1.74. The fraction of sp³-hybridized carbons (Fsp3) is 0.367. The zero-order valence-corrected chi connectivity index (χ0v) is 21.9. The average Bonchev–Trinajstić information content (AvgIpc) is 2.87. The topological polar surface area (TPSA) is 90.9 Å². The van der Waals surface area contributed by atoms with E-state index in [0.29, 0.717) is 41.9 Å². The summed E-state index contributed by atoms with van der Waals surface area (Å²) in [4.78, 5) is 38.5. The summed E-state index contributed by atoms with van der Waals surface area (Å²) in [5.74, 6) is -0.266. The van der Waals surface area contributed by atoms with Crippen molar-refractivity contribution in [2.24, 2.45) is 0 Å². The van der Waals surface area contributed by atoms with Gasteiger partial charge in [0.15, 0.2) is 5.78 Å². The van der Waals surface area contributed by atoms with Gasteiger partial charge in [0.05, 0.1) is 18.8 Å². The predicted octanol–water partition coefficient (Wildman–Crippen LogP) is 5.32. The van der Waals surface area contributed by atoms with E-state index in [0.717, 1.165) is 22.6 Å². The summed E-state index contributed by atoms with van der Waals surface area (Å²) in [7, 11) is 1.63. The van der Waals surface area contributed by atoms with Crippen LogP contribution in [0, 0.1) is 0 Å². The van der Waals surface area contributed by atoms with Gasteiger partial charge in [-0.05, 0) is 68.0 Å². The number of methoxy groups -OCH3 is 1. The third-order valence-electron chi connectivity index (χ3n) is 6.99. The van der Waals surface area contributed by atoms with Crippen molar-refractivity contribution in [2.75, 3.05) is 7.11 Å². The molecular weight excluding hydrogens is 470 g/mol. The van der Waals surface area contributed by atoms with E-state index >= 15 is 0 Å². The molecule has 1 heterocycles. The van der Waals surface area contributed by atoms with Crippen molar-refractivity contribution in [3.05, 3.63) is 82.2 Å². The van der Waals surface area contributed by atoms with Gasteiger partial charge in [-0.3, -0.25) is 9.59 Å². The van der Waals surface area contributed by atoms with Crippen molar-refractivity contribution in [3.8, 4) is 11.5 Å². The van der Waals surface area contributed by atoms with Crippen LogP contribution in [0.4, 0.5) is 0 Å². The molecule has 1 aliphatic carbocycles. The highest BCUT2D eigenvalue weighted by molar-refractivity contribution is 6.04. The van der Waals surface area contributed by atoms with Crippen LogP contribution in [-0.2, 0) is 19.1 Å². The largest absolute Gasteiger partial charge is 0.497 e. The van der Waals surface area contributed by atoms with E-state index in [4.69, 9.17) is 14.2 Å². The Morgan fingerprint density at radius 3 is 2.22 bits per heavy atom. The van der Waals surface area contributed by atoms with E-state index in [-0.39, 0.29) is 17.8 Å². The predicted molar refractivity (Wildman–Crippen MR) is 139 cm³/mol. The van der Waals surface area contributed by atoms with Crippen LogP contribution in [0.25, 0.3) is 0 Å². The summed E-state index contributed by atoms with van der Waals surface area (Å²) in [6.07, 6.45) is 1.41. The lowest BCUT2D eigenvalue weighted by Gasteiger charge is -2.37. The molecule has 1 aliphatic heterocycles. The summed E-state index contributed by atoms with van der Waals surface area (Å²) < 4.78 is 16.2. The SMILES string of the molecule is CC[C@H](C)OC(=O)C1=C(C)NC2=C(C(=O)C[C@@H](c3ccc(OC)cc3)C2)[C@@H]1c1ccc(OC(C)=O)cc1. The highest BCUT2D eigenvalue weighted by Gasteiger charge is 2.41. The molecule has 2 aromatic rings. The molecule has 0 aromatic heterocycles. The number of allylic oxidation sites excluding steroid dienone is 3. The van der Waals surface area contributed by atoms with Gasteiger partial charge < -0.3 is 19.5 Å². The standard InChI is InChI=1S/C30H33NO6/c1-6-17(2)36-30(34)27-18(3)31-25-15-22(20-7-11-23(35-5)12-8-20)16-26(33)29(25)28(27)21-9-13-24(14-10-21)37-19(4)32/h7-14,17,22,28,31H,6,15-16H2,1-5H3/t17-,22-,28+/m0/s1. The van der Waals surface area contributed by atoms with Crippen LogP contribution in [-0.4, -0.2) is 30.9 Å². The third kappa shape index (κ3) is 5.61. The van der Waals surface area contributed by atoms with Crippen molar-refractivity contribution >= 4 is 17.7 Å². The molecule has 2 aromatic carbocycles. The van der Waals surface area contributed by atoms with Gasteiger partial charge in [-0.15, -0.1) is 0 Å². The first kappa shape index (κ1) is 26.2. The molecule has 0 amide bonds. The summed E-state index contributed by atoms with van der Waals surface area (Å²) in [5.41, 5.74) is 4.33. The first-order valence-electron chi connectivity index (χ1n) is 12.6. The summed E-state index contributed by atoms with van der Waals surface area (Å²) in [6, 6.07) is 14.7. The molecule has 37 heavy (non-hydrogen) atoms. The molecule has 194 valence electrons. The van der Waals surface area contributed by atoms with Gasteiger partial charge in [0.2, 0.25) is 0 Å². The van der Waals surface area contributed by atoms with Crippen LogP contribution in [0.2, 0.25) is 0 Å². The van der Waals surface area contributed by atoms with Crippen LogP contribution in [0.5, 0.6) is 11.5 Å². The van der Waals surface area contributed by atoms with Crippen molar-refractivity contribution in [1.82, 2.24) is 5.32 Å². The summed E-state index contributed by atoms with van der Waals surface area (Å²) in [6.45, 7) is 6.99. The van der Waals surface area contributed by atoms with Crippen LogP contribution >= 0.6 is 0 Å². The molecule has 0 spiro atoms. The average molecular weight is 504 g/mol.